The Labute approximate surface area is 221 Å². The van der Waals surface area contributed by atoms with Gasteiger partial charge in [0.2, 0.25) is 0 Å². The molecule has 0 spiro atoms. The Hall–Kier alpha value is -2.32. The first-order valence-electron chi connectivity index (χ1n) is 12.3. The van der Waals surface area contributed by atoms with Crippen molar-refractivity contribution in [2.45, 2.75) is 65.7 Å². The summed E-state index contributed by atoms with van der Waals surface area (Å²) >= 11 is 8.12. The number of benzene rings is 2. The second kappa shape index (κ2) is 9.21. The van der Waals surface area contributed by atoms with E-state index in [0.717, 1.165) is 27.0 Å². The Balaban J connectivity index is 1.60. The van der Waals surface area contributed by atoms with E-state index in [4.69, 9.17) is 25.6 Å². The second-order valence-electron chi connectivity index (χ2n) is 10.4. The zero-order valence-electron chi connectivity index (χ0n) is 21.6. The third-order valence-electron chi connectivity index (χ3n) is 7.44. The van der Waals surface area contributed by atoms with Gasteiger partial charge < -0.3 is 18.6 Å². The maximum Gasteiger partial charge on any atom is 0.494 e. The van der Waals surface area contributed by atoms with Crippen molar-refractivity contribution in [1.29, 1.82) is 0 Å². The summed E-state index contributed by atoms with van der Waals surface area (Å²) in [6.45, 7) is 13.2. The minimum absolute atomic E-state index is 0.225. The third-order valence-corrected chi connectivity index (χ3v) is 8.80. The van der Waals surface area contributed by atoms with Crippen LogP contribution in [0.3, 0.4) is 0 Å². The van der Waals surface area contributed by atoms with Gasteiger partial charge in [-0.3, -0.25) is 4.79 Å². The lowest BCUT2D eigenvalue weighted by Gasteiger charge is -2.32. The zero-order valence-corrected chi connectivity index (χ0v) is 23.2. The molecular formula is C28H31BClNO4S. The number of carbonyl (C=O) groups is 1. The maximum atomic E-state index is 12.4. The van der Waals surface area contributed by atoms with Gasteiger partial charge in [0.15, 0.2) is 0 Å². The van der Waals surface area contributed by atoms with Gasteiger partial charge in [-0.2, -0.15) is 0 Å². The molecule has 0 N–H and O–H groups in total. The van der Waals surface area contributed by atoms with E-state index < -0.39 is 18.3 Å². The fraction of sp³-hybridized carbons (Fsp3) is 0.393. The van der Waals surface area contributed by atoms with Crippen molar-refractivity contribution in [3.63, 3.8) is 0 Å². The Kier molecular flexibility index (Phi) is 6.48. The van der Waals surface area contributed by atoms with E-state index in [1.165, 1.54) is 20.5 Å². The van der Waals surface area contributed by atoms with Gasteiger partial charge in [0.1, 0.15) is 0 Å². The first kappa shape index (κ1) is 25.3. The fourth-order valence-electron chi connectivity index (χ4n) is 4.76. The minimum atomic E-state index is -0.459. The van der Waals surface area contributed by atoms with Crippen molar-refractivity contribution in [2.24, 2.45) is 0 Å². The van der Waals surface area contributed by atoms with E-state index in [-0.39, 0.29) is 12.4 Å². The molecule has 4 aromatic rings. The number of thiophene rings is 1. The highest BCUT2D eigenvalue weighted by molar-refractivity contribution is 7.19. The SMILES string of the molecule is CCOC(=O)Cc1cn(Cc2c(C)sc3ccc(Cl)cc23)c2cc(B3OC(C)(C)C(C)(C)O3)ccc12. The molecule has 1 aliphatic rings. The highest BCUT2D eigenvalue weighted by Gasteiger charge is 2.51. The quantitative estimate of drug-likeness (QED) is 0.221. The monoisotopic (exact) mass is 523 g/mol. The molecule has 0 aliphatic carbocycles. The second-order valence-corrected chi connectivity index (χ2v) is 12.1. The van der Waals surface area contributed by atoms with Crippen molar-refractivity contribution in [1.82, 2.24) is 4.57 Å². The van der Waals surface area contributed by atoms with E-state index >= 15 is 0 Å². The van der Waals surface area contributed by atoms with Crippen molar-refractivity contribution >= 4 is 62.5 Å². The van der Waals surface area contributed by atoms with E-state index in [9.17, 15) is 4.79 Å². The first-order chi connectivity index (χ1) is 17.0. The van der Waals surface area contributed by atoms with Gasteiger partial charge in [-0.25, -0.2) is 0 Å². The molecule has 5 nitrogen and oxygen atoms in total. The summed E-state index contributed by atoms with van der Waals surface area (Å²) in [5, 5.41) is 2.92. The minimum Gasteiger partial charge on any atom is -0.466 e. The average Bonchev–Trinajstić information content (AvgIpc) is 3.37. The van der Waals surface area contributed by atoms with Crippen molar-refractivity contribution in [3.05, 3.63) is 63.6 Å². The Bertz CT molecular complexity index is 1460. The number of esters is 1. The zero-order chi connectivity index (χ0) is 25.8. The third kappa shape index (κ3) is 4.47. The number of rotatable bonds is 6. The Morgan fingerprint density at radius 3 is 2.50 bits per heavy atom. The molecule has 0 unspecified atom stereocenters. The van der Waals surface area contributed by atoms with Gasteiger partial charge >= 0.3 is 13.1 Å². The lowest BCUT2D eigenvalue weighted by Crippen LogP contribution is -2.41. The van der Waals surface area contributed by atoms with Crippen LogP contribution in [-0.2, 0) is 31.8 Å². The molecule has 36 heavy (non-hydrogen) atoms. The van der Waals surface area contributed by atoms with Gasteiger partial charge in [0.25, 0.3) is 0 Å². The fourth-order valence-corrected chi connectivity index (χ4v) is 5.99. The predicted octanol–water partition coefficient (Wildman–Crippen LogP) is 6.27. The van der Waals surface area contributed by atoms with Crippen LogP contribution in [0.1, 0.15) is 50.6 Å². The largest absolute Gasteiger partial charge is 0.494 e. The van der Waals surface area contributed by atoms with Crippen LogP contribution >= 0.6 is 22.9 Å². The summed E-state index contributed by atoms with van der Waals surface area (Å²) in [5.41, 5.74) is 3.32. The van der Waals surface area contributed by atoms with Crippen LogP contribution in [0, 0.1) is 6.92 Å². The number of aromatic nitrogens is 1. The normalized spacial score (nSPS) is 16.8. The molecule has 1 fully saturated rings. The molecule has 1 aliphatic heterocycles. The Morgan fingerprint density at radius 1 is 1.08 bits per heavy atom. The number of carbonyl (C=O) groups excluding carboxylic acids is 1. The van der Waals surface area contributed by atoms with E-state index in [2.05, 4.69) is 63.6 Å². The molecule has 188 valence electrons. The van der Waals surface area contributed by atoms with E-state index in [1.807, 2.05) is 25.1 Å². The maximum absolute atomic E-state index is 12.4. The smallest absolute Gasteiger partial charge is 0.466 e. The number of halogens is 1. The van der Waals surface area contributed by atoms with E-state index in [1.54, 1.807) is 11.3 Å². The number of hydrogen-bond acceptors (Lipinski definition) is 5. The molecule has 1 saturated heterocycles. The summed E-state index contributed by atoms with van der Waals surface area (Å²) in [7, 11) is -0.459. The number of hydrogen-bond donors (Lipinski definition) is 0. The van der Waals surface area contributed by atoms with Gasteiger partial charge in [-0.05, 0) is 87.8 Å². The lowest BCUT2D eigenvalue weighted by atomic mass is 9.78. The highest BCUT2D eigenvalue weighted by Crippen LogP contribution is 2.37. The number of aryl methyl sites for hydroxylation is 1. The molecule has 0 radical (unpaired) electrons. The van der Waals surface area contributed by atoms with Gasteiger partial charge in [0.05, 0.1) is 24.2 Å². The van der Waals surface area contributed by atoms with Crippen LogP contribution in [0.5, 0.6) is 0 Å². The van der Waals surface area contributed by atoms with Gasteiger partial charge in [-0.1, -0.05) is 23.7 Å². The van der Waals surface area contributed by atoms with Crippen LogP contribution in [0.4, 0.5) is 0 Å². The van der Waals surface area contributed by atoms with Crippen LogP contribution in [0.25, 0.3) is 21.0 Å². The summed E-state index contributed by atoms with van der Waals surface area (Å²) in [6, 6.07) is 12.3. The molecular weight excluding hydrogens is 493 g/mol. The summed E-state index contributed by atoms with van der Waals surface area (Å²) < 4.78 is 21.3. The molecule has 0 amide bonds. The predicted molar refractivity (Wildman–Crippen MR) is 149 cm³/mol. The molecule has 8 heteroatoms. The van der Waals surface area contributed by atoms with Crippen molar-refractivity contribution < 1.29 is 18.8 Å². The molecule has 2 aromatic carbocycles. The van der Waals surface area contributed by atoms with Crippen LogP contribution in [0.15, 0.2) is 42.6 Å². The Morgan fingerprint density at radius 2 is 1.81 bits per heavy atom. The molecule has 0 saturated carbocycles. The summed E-state index contributed by atoms with van der Waals surface area (Å²) in [4.78, 5) is 13.6. The average molecular weight is 524 g/mol. The molecule has 2 aromatic heterocycles. The van der Waals surface area contributed by atoms with Crippen LogP contribution in [0.2, 0.25) is 5.02 Å². The van der Waals surface area contributed by atoms with Gasteiger partial charge in [0, 0.05) is 38.2 Å². The van der Waals surface area contributed by atoms with E-state index in [0.29, 0.717) is 13.2 Å². The van der Waals surface area contributed by atoms with Crippen LogP contribution in [-0.4, -0.2) is 35.5 Å². The topological polar surface area (TPSA) is 49.7 Å². The number of fused-ring (bicyclic) bond motifs is 2. The lowest BCUT2D eigenvalue weighted by molar-refractivity contribution is -0.142. The summed E-state index contributed by atoms with van der Waals surface area (Å²) in [6.07, 6.45) is 2.30. The number of nitrogens with zero attached hydrogens (tertiary/aromatic N) is 1. The number of ether oxygens (including phenoxy) is 1. The molecule has 0 bridgehead atoms. The molecule has 0 atom stereocenters. The van der Waals surface area contributed by atoms with Gasteiger partial charge in [-0.15, -0.1) is 11.3 Å². The standard InChI is InChI=1S/C28H31BClNO4S/c1-7-33-26(32)12-18-15-31(16-23-17(2)36-25-11-9-20(30)14-22(23)25)24-13-19(8-10-21(18)24)29-34-27(3,4)28(5,6)35-29/h8-11,13-15H,7,12,16H2,1-6H3. The molecule has 5 rings (SSSR count). The van der Waals surface area contributed by atoms with Crippen molar-refractivity contribution in [3.8, 4) is 0 Å². The first-order valence-corrected chi connectivity index (χ1v) is 13.5. The summed E-state index contributed by atoms with van der Waals surface area (Å²) in [5.74, 6) is -0.226. The highest BCUT2D eigenvalue weighted by atomic mass is 35.5. The van der Waals surface area contributed by atoms with Crippen molar-refractivity contribution in [2.75, 3.05) is 6.61 Å². The van der Waals surface area contributed by atoms with Crippen LogP contribution < -0.4 is 5.46 Å². The molecule has 3 heterocycles.